The van der Waals surface area contributed by atoms with Gasteiger partial charge in [0.15, 0.2) is 0 Å². The average molecular weight is 350 g/mol. The first-order valence-corrected chi connectivity index (χ1v) is 8.24. The van der Waals surface area contributed by atoms with Crippen molar-refractivity contribution in [3.8, 4) is 5.75 Å². The lowest BCUT2D eigenvalue weighted by molar-refractivity contribution is -0.120. The summed E-state index contributed by atoms with van der Waals surface area (Å²) in [5.74, 6) is 0.806. The fourth-order valence-corrected chi connectivity index (χ4v) is 3.47. The molecule has 23 heavy (non-hydrogen) atoms. The first-order valence-electron chi connectivity index (χ1n) is 7.48. The van der Waals surface area contributed by atoms with Gasteiger partial charge in [0.25, 0.3) is 0 Å². The summed E-state index contributed by atoms with van der Waals surface area (Å²) in [6, 6.07) is 13.0. The molecule has 1 amide bonds. The summed E-state index contributed by atoms with van der Waals surface area (Å²) >= 11 is 12.4. The number of rotatable bonds is 4. The molecule has 0 N–H and O–H groups in total. The van der Waals surface area contributed by atoms with Crippen LogP contribution in [0, 0.1) is 5.92 Å². The predicted octanol–water partition coefficient (Wildman–Crippen LogP) is 4.60. The topological polar surface area (TPSA) is 29.5 Å². The molecular weight excluding hydrogens is 333 g/mol. The van der Waals surface area contributed by atoms with Crippen molar-refractivity contribution in [2.45, 2.75) is 12.8 Å². The molecule has 120 valence electrons. The Morgan fingerprint density at radius 3 is 2.39 bits per heavy atom. The van der Waals surface area contributed by atoms with Gasteiger partial charge in [-0.15, -0.1) is 0 Å². The Bertz CT molecular complexity index is 695. The molecule has 0 bridgehead atoms. The molecule has 0 spiro atoms. The molecular formula is C18H17Cl2NO2. The van der Waals surface area contributed by atoms with Gasteiger partial charge in [0.1, 0.15) is 5.75 Å². The van der Waals surface area contributed by atoms with E-state index in [1.807, 2.05) is 47.4 Å². The van der Waals surface area contributed by atoms with Gasteiger partial charge >= 0.3 is 0 Å². The molecule has 1 saturated heterocycles. The lowest BCUT2D eigenvalue weighted by atomic mass is 9.98. The zero-order chi connectivity index (χ0) is 16.4. The Balaban J connectivity index is 1.76. The van der Waals surface area contributed by atoms with Crippen molar-refractivity contribution in [3.05, 3.63) is 58.1 Å². The monoisotopic (exact) mass is 349 g/mol. The predicted molar refractivity (Wildman–Crippen MR) is 93.6 cm³/mol. The molecule has 3 rings (SSSR count). The fraction of sp³-hybridized carbons (Fsp3) is 0.278. The molecule has 2 aromatic carbocycles. The standard InChI is InChI=1S/C18H17Cl2NO2/c1-23-14-7-5-13(6-8-14)21-10-9-12(18(21)22)11-15-16(19)3-2-4-17(15)20/h2-8,12H,9-11H2,1H3. The molecule has 1 fully saturated rings. The van der Waals surface area contributed by atoms with Crippen LogP contribution in [0.3, 0.4) is 0 Å². The number of benzene rings is 2. The number of hydrogen-bond acceptors (Lipinski definition) is 2. The third kappa shape index (κ3) is 3.31. The number of nitrogens with zero attached hydrogens (tertiary/aromatic N) is 1. The highest BCUT2D eigenvalue weighted by molar-refractivity contribution is 6.36. The van der Waals surface area contributed by atoms with E-state index in [0.717, 1.165) is 23.4 Å². The van der Waals surface area contributed by atoms with Gasteiger partial charge in [0.05, 0.1) is 7.11 Å². The quantitative estimate of drug-likeness (QED) is 0.807. The van der Waals surface area contributed by atoms with Crippen LogP contribution < -0.4 is 9.64 Å². The summed E-state index contributed by atoms with van der Waals surface area (Å²) in [4.78, 5) is 14.5. The largest absolute Gasteiger partial charge is 0.497 e. The molecule has 1 aliphatic rings. The van der Waals surface area contributed by atoms with Crippen molar-refractivity contribution < 1.29 is 9.53 Å². The molecule has 1 aliphatic heterocycles. The molecule has 1 unspecified atom stereocenters. The molecule has 0 aromatic heterocycles. The van der Waals surface area contributed by atoms with Crippen molar-refractivity contribution >= 4 is 34.8 Å². The summed E-state index contributed by atoms with van der Waals surface area (Å²) in [7, 11) is 1.62. The van der Waals surface area contributed by atoms with Gasteiger partial charge in [-0.3, -0.25) is 4.79 Å². The number of carbonyl (C=O) groups excluding carboxylic acids is 1. The second-order valence-electron chi connectivity index (χ2n) is 5.58. The third-order valence-electron chi connectivity index (χ3n) is 4.21. The highest BCUT2D eigenvalue weighted by Crippen LogP contribution is 2.33. The van der Waals surface area contributed by atoms with E-state index in [1.54, 1.807) is 7.11 Å². The van der Waals surface area contributed by atoms with E-state index < -0.39 is 0 Å². The maximum atomic E-state index is 12.7. The normalized spacial score (nSPS) is 17.6. The molecule has 0 radical (unpaired) electrons. The van der Waals surface area contributed by atoms with Gasteiger partial charge < -0.3 is 9.64 Å². The Hall–Kier alpha value is -1.71. The third-order valence-corrected chi connectivity index (χ3v) is 4.92. The number of methoxy groups -OCH3 is 1. The Kier molecular flexibility index (Phi) is 4.79. The Morgan fingerprint density at radius 1 is 1.13 bits per heavy atom. The average Bonchev–Trinajstić information content (AvgIpc) is 2.92. The molecule has 1 heterocycles. The summed E-state index contributed by atoms with van der Waals surface area (Å²) in [6.45, 7) is 0.706. The molecule has 3 nitrogen and oxygen atoms in total. The van der Waals surface area contributed by atoms with E-state index in [-0.39, 0.29) is 11.8 Å². The summed E-state index contributed by atoms with van der Waals surface area (Å²) in [6.07, 6.45) is 1.37. The molecule has 0 aliphatic carbocycles. The number of anilines is 1. The summed E-state index contributed by atoms with van der Waals surface area (Å²) < 4.78 is 5.15. The number of amides is 1. The summed E-state index contributed by atoms with van der Waals surface area (Å²) in [5, 5.41) is 1.24. The van der Waals surface area contributed by atoms with Crippen molar-refractivity contribution in [2.24, 2.45) is 5.92 Å². The SMILES string of the molecule is COc1ccc(N2CCC(Cc3c(Cl)cccc3Cl)C2=O)cc1. The second-order valence-corrected chi connectivity index (χ2v) is 6.39. The first-order chi connectivity index (χ1) is 11.1. The zero-order valence-electron chi connectivity index (χ0n) is 12.8. The van der Waals surface area contributed by atoms with Gasteiger partial charge in [-0.2, -0.15) is 0 Å². The van der Waals surface area contributed by atoms with Crippen LogP contribution >= 0.6 is 23.2 Å². The van der Waals surface area contributed by atoms with Crippen molar-refractivity contribution in [1.29, 1.82) is 0 Å². The molecule has 1 atom stereocenters. The highest BCUT2D eigenvalue weighted by Gasteiger charge is 2.33. The maximum absolute atomic E-state index is 12.7. The second kappa shape index (κ2) is 6.81. The van der Waals surface area contributed by atoms with E-state index in [2.05, 4.69) is 0 Å². The molecule has 5 heteroatoms. The van der Waals surface area contributed by atoms with Gasteiger partial charge in [-0.25, -0.2) is 0 Å². The van der Waals surface area contributed by atoms with E-state index in [1.165, 1.54) is 0 Å². The van der Waals surface area contributed by atoms with E-state index in [4.69, 9.17) is 27.9 Å². The van der Waals surface area contributed by atoms with Crippen molar-refractivity contribution in [1.82, 2.24) is 0 Å². The first kappa shape index (κ1) is 16.2. The molecule has 0 saturated carbocycles. The van der Waals surface area contributed by atoms with Gasteiger partial charge in [-0.05, 0) is 54.8 Å². The number of halogens is 2. The summed E-state index contributed by atoms with van der Waals surface area (Å²) in [5.41, 5.74) is 1.74. The van der Waals surface area contributed by atoms with Crippen LogP contribution in [0.2, 0.25) is 10.0 Å². The Morgan fingerprint density at radius 2 is 1.78 bits per heavy atom. The van der Waals surface area contributed by atoms with Crippen LogP contribution in [-0.4, -0.2) is 19.6 Å². The van der Waals surface area contributed by atoms with Gasteiger partial charge in [0.2, 0.25) is 5.91 Å². The number of carbonyl (C=O) groups is 1. The highest BCUT2D eigenvalue weighted by atomic mass is 35.5. The lowest BCUT2D eigenvalue weighted by Gasteiger charge is -2.17. The van der Waals surface area contributed by atoms with Crippen LogP contribution in [0.1, 0.15) is 12.0 Å². The van der Waals surface area contributed by atoms with Crippen LogP contribution in [0.5, 0.6) is 5.75 Å². The van der Waals surface area contributed by atoms with Crippen LogP contribution in [0.15, 0.2) is 42.5 Å². The molecule has 2 aromatic rings. The van der Waals surface area contributed by atoms with Crippen LogP contribution in [0.4, 0.5) is 5.69 Å². The van der Waals surface area contributed by atoms with E-state index >= 15 is 0 Å². The number of hydrogen-bond donors (Lipinski definition) is 0. The van der Waals surface area contributed by atoms with Gasteiger partial charge in [-0.1, -0.05) is 29.3 Å². The van der Waals surface area contributed by atoms with Crippen LogP contribution in [-0.2, 0) is 11.2 Å². The Labute approximate surface area is 145 Å². The zero-order valence-corrected chi connectivity index (χ0v) is 14.3. The minimum atomic E-state index is -0.0884. The number of ether oxygens (including phenoxy) is 1. The minimum absolute atomic E-state index is 0.0884. The smallest absolute Gasteiger partial charge is 0.230 e. The van der Waals surface area contributed by atoms with E-state index in [9.17, 15) is 4.79 Å². The minimum Gasteiger partial charge on any atom is -0.497 e. The van der Waals surface area contributed by atoms with Crippen molar-refractivity contribution in [2.75, 3.05) is 18.6 Å². The van der Waals surface area contributed by atoms with Crippen LogP contribution in [0.25, 0.3) is 0 Å². The van der Waals surface area contributed by atoms with Gasteiger partial charge in [0, 0.05) is 28.2 Å². The maximum Gasteiger partial charge on any atom is 0.230 e. The lowest BCUT2D eigenvalue weighted by Crippen LogP contribution is -2.27. The fourth-order valence-electron chi connectivity index (χ4n) is 2.92. The van der Waals surface area contributed by atoms with E-state index in [0.29, 0.717) is 23.0 Å². The van der Waals surface area contributed by atoms with Crippen molar-refractivity contribution in [3.63, 3.8) is 0 Å².